The van der Waals surface area contributed by atoms with Gasteiger partial charge in [-0.1, -0.05) is 67.1 Å². The summed E-state index contributed by atoms with van der Waals surface area (Å²) in [6, 6.07) is 20.9. The molecule has 1 unspecified atom stereocenters. The maximum absolute atomic E-state index is 12.3. The zero-order chi connectivity index (χ0) is 31.0. The molecule has 2 fully saturated rings. The predicted molar refractivity (Wildman–Crippen MR) is 154 cm³/mol. The second kappa shape index (κ2) is 14.7. The Morgan fingerprint density at radius 1 is 0.721 bits per heavy atom. The minimum atomic E-state index is -2.85. The molecule has 0 N–H and O–H groups in total. The summed E-state index contributed by atoms with van der Waals surface area (Å²) in [4.78, 5) is 48.3. The summed E-state index contributed by atoms with van der Waals surface area (Å²) in [5.74, 6) is -2.67. The average Bonchev–Trinajstić information content (AvgIpc) is 3.19. The van der Waals surface area contributed by atoms with E-state index >= 15 is 0 Å². The molecule has 12 heteroatoms. The molecule has 11 nitrogen and oxygen atoms in total. The first-order valence-electron chi connectivity index (χ1n) is 14.3. The van der Waals surface area contributed by atoms with Gasteiger partial charge in [-0.15, -0.1) is 0 Å². The van der Waals surface area contributed by atoms with Gasteiger partial charge in [0, 0.05) is 27.7 Å². The van der Waals surface area contributed by atoms with Crippen LogP contribution in [0.4, 0.5) is 0 Å². The first-order valence-corrected chi connectivity index (χ1v) is 16.5. The minimum Gasteiger partial charge on any atom is -0.463 e. The number of hydrogen-bond acceptors (Lipinski definition) is 11. The monoisotopic (exact) mass is 614 g/mol. The van der Waals surface area contributed by atoms with Crippen LogP contribution in [0.15, 0.2) is 60.7 Å². The van der Waals surface area contributed by atoms with Gasteiger partial charge in [0.15, 0.2) is 18.3 Å². The summed E-state index contributed by atoms with van der Waals surface area (Å²) in [5, 5.41) is 2.15. The highest BCUT2D eigenvalue weighted by Gasteiger charge is 2.54. The average molecular weight is 615 g/mol. The molecule has 232 valence electrons. The normalized spacial score (nSPS) is 26.8. The van der Waals surface area contributed by atoms with E-state index in [-0.39, 0.29) is 6.61 Å². The van der Waals surface area contributed by atoms with E-state index in [2.05, 4.69) is 24.3 Å². The van der Waals surface area contributed by atoms with Gasteiger partial charge in [-0.25, -0.2) is 0 Å². The van der Waals surface area contributed by atoms with Gasteiger partial charge in [0.25, 0.3) is 8.32 Å². The van der Waals surface area contributed by atoms with Crippen molar-refractivity contribution < 1.29 is 52.0 Å². The molecule has 0 aromatic heterocycles. The third-order valence-electron chi connectivity index (χ3n) is 7.27. The molecule has 2 aromatic rings. The Labute approximate surface area is 251 Å². The van der Waals surface area contributed by atoms with Crippen molar-refractivity contribution >= 4 is 42.6 Å². The van der Waals surface area contributed by atoms with E-state index in [4.69, 9.17) is 32.8 Å². The van der Waals surface area contributed by atoms with Crippen molar-refractivity contribution in [3.8, 4) is 0 Å². The molecule has 0 radical (unpaired) electrons. The fraction of sp³-hybridized carbons (Fsp3) is 0.484. The molecule has 0 aliphatic carbocycles. The number of carbonyl (C=O) groups is 4. The van der Waals surface area contributed by atoms with Crippen LogP contribution >= 0.6 is 0 Å². The van der Waals surface area contributed by atoms with E-state index in [0.717, 1.165) is 29.3 Å². The third-order valence-corrected chi connectivity index (χ3v) is 11.5. The molecule has 0 amide bonds. The first-order chi connectivity index (χ1) is 20.6. The molecule has 2 aromatic carbocycles. The molecule has 2 aliphatic rings. The van der Waals surface area contributed by atoms with Gasteiger partial charge in [0.1, 0.15) is 19.0 Å². The van der Waals surface area contributed by atoms with E-state index in [9.17, 15) is 19.2 Å². The smallest absolute Gasteiger partial charge is 0.305 e. The van der Waals surface area contributed by atoms with Crippen LogP contribution in [0.25, 0.3) is 0 Å². The summed E-state index contributed by atoms with van der Waals surface area (Å²) in [6.45, 7) is 4.44. The predicted octanol–water partition coefficient (Wildman–Crippen LogP) is 2.37. The van der Waals surface area contributed by atoms with Gasteiger partial charge in [0.05, 0.1) is 0 Å². The van der Waals surface area contributed by atoms with Gasteiger partial charge in [-0.2, -0.15) is 0 Å². The molecule has 2 aliphatic heterocycles. The Hall–Kier alpha value is -3.58. The lowest BCUT2D eigenvalue weighted by Gasteiger charge is -2.45. The number of esters is 4. The topological polar surface area (TPSA) is 133 Å². The highest BCUT2D eigenvalue weighted by molar-refractivity contribution is 6.97. The second-order valence-corrected chi connectivity index (χ2v) is 14.1. The van der Waals surface area contributed by atoms with Crippen LogP contribution in [0.3, 0.4) is 0 Å². The second-order valence-electron chi connectivity index (χ2n) is 10.6. The zero-order valence-corrected chi connectivity index (χ0v) is 25.8. The number of benzene rings is 2. The number of ether oxygens (including phenoxy) is 6. The van der Waals surface area contributed by atoms with Crippen molar-refractivity contribution in [1.29, 1.82) is 0 Å². The molecule has 0 bridgehead atoms. The third kappa shape index (κ3) is 8.29. The first kappa shape index (κ1) is 32.3. The van der Waals surface area contributed by atoms with E-state index in [1.54, 1.807) is 0 Å². The molecule has 2 saturated heterocycles. The summed E-state index contributed by atoms with van der Waals surface area (Å²) >= 11 is 0. The molecular weight excluding hydrogens is 576 g/mol. The van der Waals surface area contributed by atoms with Crippen LogP contribution in [0, 0.1) is 0 Å². The van der Waals surface area contributed by atoms with Crippen LogP contribution in [0.2, 0.25) is 6.04 Å². The highest BCUT2D eigenvalue weighted by Crippen LogP contribution is 2.34. The molecule has 0 spiro atoms. The number of hydrogen-bond donors (Lipinski definition) is 0. The maximum atomic E-state index is 12.3. The number of rotatable bonds is 9. The van der Waals surface area contributed by atoms with Crippen molar-refractivity contribution in [2.45, 2.75) is 90.0 Å². The Morgan fingerprint density at radius 2 is 1.28 bits per heavy atom. The largest absolute Gasteiger partial charge is 0.463 e. The van der Waals surface area contributed by atoms with E-state index in [1.807, 2.05) is 36.4 Å². The van der Waals surface area contributed by atoms with E-state index < -0.39 is 69.2 Å². The summed E-state index contributed by atoms with van der Waals surface area (Å²) in [7, 11) is -2.85. The van der Waals surface area contributed by atoms with Gasteiger partial charge in [0.2, 0.25) is 6.29 Å². The van der Waals surface area contributed by atoms with Gasteiger partial charge < -0.3 is 32.8 Å². The van der Waals surface area contributed by atoms with Crippen molar-refractivity contribution in [3.63, 3.8) is 0 Å². The Bertz CT molecular complexity index is 1220. The van der Waals surface area contributed by atoms with Crippen molar-refractivity contribution in [2.75, 3.05) is 6.61 Å². The lowest BCUT2D eigenvalue weighted by Crippen LogP contribution is -2.65. The van der Waals surface area contributed by atoms with Crippen LogP contribution in [0.1, 0.15) is 47.0 Å². The molecule has 0 saturated carbocycles. The van der Waals surface area contributed by atoms with E-state index in [1.165, 1.54) is 27.7 Å². The SMILES string of the molecule is CC(=O)OC[C@H]1O[C@@H](OC(C)=O)[C@@H](OC2CCCC[Si](c3ccccc3)(c3ccccc3)O2)[C@@H](OC(C)=O)[C@@H]1OC(C)=O. The quantitative estimate of drug-likeness (QED) is 0.234. The van der Waals surface area contributed by atoms with Crippen LogP contribution in [0.5, 0.6) is 0 Å². The molecule has 2 heterocycles. The molecule has 43 heavy (non-hydrogen) atoms. The standard InChI is InChI=1S/C31H38O11Si/c1-20(32)36-19-26-28(37-21(2)33)29(38-22(3)34)30(31(40-26)39-23(4)35)41-27-17-11-12-18-43(42-27,24-13-7-5-8-14-24)25-15-9-6-10-16-25/h5-10,13-16,26-31H,11-12,17-19H2,1-4H3/t26-,27?,28-,29+,30+,31-/m1/s1. The van der Waals surface area contributed by atoms with Crippen molar-refractivity contribution in [1.82, 2.24) is 0 Å². The van der Waals surface area contributed by atoms with Crippen molar-refractivity contribution in [2.24, 2.45) is 0 Å². The summed E-state index contributed by atoms with van der Waals surface area (Å²) in [5.41, 5.74) is 0. The van der Waals surface area contributed by atoms with Crippen LogP contribution in [-0.2, 0) is 52.0 Å². The fourth-order valence-electron chi connectivity index (χ4n) is 5.58. The van der Waals surface area contributed by atoms with Crippen molar-refractivity contribution in [3.05, 3.63) is 60.7 Å². The Balaban J connectivity index is 1.73. The molecule has 4 rings (SSSR count). The fourth-order valence-corrected chi connectivity index (χ4v) is 9.71. The Morgan fingerprint density at radius 3 is 1.81 bits per heavy atom. The van der Waals surface area contributed by atoms with Gasteiger partial charge >= 0.3 is 23.9 Å². The lowest BCUT2D eigenvalue weighted by molar-refractivity contribution is -0.322. The minimum absolute atomic E-state index is 0.354. The van der Waals surface area contributed by atoms with Crippen LogP contribution < -0.4 is 10.4 Å². The molecular formula is C31H38O11Si. The summed E-state index contributed by atoms with van der Waals surface area (Å²) in [6.07, 6.45) is -4.94. The lowest BCUT2D eigenvalue weighted by atomic mass is 9.98. The van der Waals surface area contributed by atoms with Crippen LogP contribution in [-0.4, -0.2) is 75.8 Å². The van der Waals surface area contributed by atoms with E-state index in [0.29, 0.717) is 6.42 Å². The summed E-state index contributed by atoms with van der Waals surface area (Å²) < 4.78 is 41.4. The number of carbonyl (C=O) groups excluding carboxylic acids is 4. The Kier molecular flexibility index (Phi) is 11.1. The highest BCUT2D eigenvalue weighted by atomic mass is 28.4. The zero-order valence-electron chi connectivity index (χ0n) is 24.8. The van der Waals surface area contributed by atoms with Gasteiger partial charge in [-0.05, 0) is 29.3 Å². The van der Waals surface area contributed by atoms with Gasteiger partial charge in [-0.3, -0.25) is 19.2 Å². The molecule has 6 atom stereocenters. The maximum Gasteiger partial charge on any atom is 0.305 e.